The fraction of sp³-hybridized carbons (Fsp3) is 0.417. The highest BCUT2D eigenvalue weighted by Crippen LogP contribution is 2.33. The Kier molecular flexibility index (Phi) is 6.06. The van der Waals surface area contributed by atoms with Crippen molar-refractivity contribution in [2.75, 3.05) is 36.5 Å². The SMILES string of the molecule is c1nc(NC2CCC(Oc3cc(N4CCOCC4)cc4nccnc34)CC2)cc(-c2nnco2)n1. The predicted molar refractivity (Wildman–Crippen MR) is 128 cm³/mol. The van der Waals surface area contributed by atoms with Crippen molar-refractivity contribution in [3.05, 3.63) is 43.3 Å². The zero-order valence-electron chi connectivity index (χ0n) is 19.2. The van der Waals surface area contributed by atoms with Crippen molar-refractivity contribution >= 4 is 22.5 Å². The second-order valence-corrected chi connectivity index (χ2v) is 8.74. The van der Waals surface area contributed by atoms with Crippen LogP contribution in [0, 0.1) is 0 Å². The molecule has 1 saturated carbocycles. The number of benzene rings is 1. The molecule has 0 amide bonds. The van der Waals surface area contributed by atoms with Gasteiger partial charge in [0.25, 0.3) is 5.89 Å². The number of ether oxygens (including phenoxy) is 2. The summed E-state index contributed by atoms with van der Waals surface area (Å²) >= 11 is 0. The lowest BCUT2D eigenvalue weighted by atomic mass is 9.93. The number of nitrogens with one attached hydrogen (secondary N) is 1. The van der Waals surface area contributed by atoms with Gasteiger partial charge in [-0.3, -0.25) is 4.98 Å². The van der Waals surface area contributed by atoms with Gasteiger partial charge in [0.1, 0.15) is 29.1 Å². The van der Waals surface area contributed by atoms with Gasteiger partial charge < -0.3 is 24.1 Å². The lowest BCUT2D eigenvalue weighted by molar-refractivity contribution is 0.122. The predicted octanol–water partition coefficient (Wildman–Crippen LogP) is 3.11. The van der Waals surface area contributed by atoms with E-state index in [1.54, 1.807) is 12.4 Å². The minimum atomic E-state index is 0.123. The number of rotatable bonds is 6. The lowest BCUT2D eigenvalue weighted by Crippen LogP contribution is -2.36. The molecule has 4 aromatic rings. The number of morpholine rings is 1. The van der Waals surface area contributed by atoms with E-state index in [4.69, 9.17) is 13.9 Å². The third kappa shape index (κ3) is 4.85. The molecule has 1 saturated heterocycles. The fourth-order valence-electron chi connectivity index (χ4n) is 4.67. The Hall–Kier alpha value is -3.86. The molecule has 2 fully saturated rings. The molecule has 0 spiro atoms. The zero-order chi connectivity index (χ0) is 23.5. The van der Waals surface area contributed by atoms with Gasteiger partial charge in [0.2, 0.25) is 6.39 Å². The van der Waals surface area contributed by atoms with Crippen molar-refractivity contribution < 1.29 is 13.9 Å². The van der Waals surface area contributed by atoms with Gasteiger partial charge in [-0.05, 0) is 31.7 Å². The second kappa shape index (κ2) is 9.79. The highest BCUT2D eigenvalue weighted by Gasteiger charge is 2.24. The first-order valence-electron chi connectivity index (χ1n) is 11.9. The van der Waals surface area contributed by atoms with E-state index in [0.717, 1.165) is 80.3 Å². The molecule has 3 aromatic heterocycles. The molecule has 1 aliphatic heterocycles. The van der Waals surface area contributed by atoms with Crippen LogP contribution in [0.2, 0.25) is 0 Å². The summed E-state index contributed by atoms with van der Waals surface area (Å²) in [5.41, 5.74) is 3.36. The summed E-state index contributed by atoms with van der Waals surface area (Å²) in [6.45, 7) is 3.18. The number of fused-ring (bicyclic) bond motifs is 1. The molecule has 11 nitrogen and oxygen atoms in total. The van der Waals surface area contributed by atoms with Crippen molar-refractivity contribution in [2.24, 2.45) is 0 Å². The fourth-order valence-corrected chi connectivity index (χ4v) is 4.67. The summed E-state index contributed by atoms with van der Waals surface area (Å²) in [5, 5.41) is 11.1. The van der Waals surface area contributed by atoms with Crippen LogP contribution in [0.25, 0.3) is 22.6 Å². The van der Waals surface area contributed by atoms with Gasteiger partial charge in [0.15, 0.2) is 0 Å². The van der Waals surface area contributed by atoms with Crippen LogP contribution in [0.3, 0.4) is 0 Å². The maximum Gasteiger partial charge on any atom is 0.266 e. The first-order chi connectivity index (χ1) is 17.3. The van der Waals surface area contributed by atoms with Crippen LogP contribution in [0.15, 0.2) is 47.7 Å². The van der Waals surface area contributed by atoms with Crippen molar-refractivity contribution in [2.45, 2.75) is 37.8 Å². The van der Waals surface area contributed by atoms with Crippen LogP contribution in [0.4, 0.5) is 11.5 Å². The summed E-state index contributed by atoms with van der Waals surface area (Å²) in [6, 6.07) is 6.33. The Bertz CT molecular complexity index is 1270. The lowest BCUT2D eigenvalue weighted by Gasteiger charge is -2.31. The molecule has 1 aliphatic carbocycles. The molecule has 1 aromatic carbocycles. The van der Waals surface area contributed by atoms with Crippen molar-refractivity contribution in [1.29, 1.82) is 0 Å². The average molecular weight is 475 g/mol. The Morgan fingerprint density at radius 1 is 0.943 bits per heavy atom. The number of anilines is 2. The van der Waals surface area contributed by atoms with Crippen molar-refractivity contribution in [3.8, 4) is 17.3 Å². The van der Waals surface area contributed by atoms with E-state index in [-0.39, 0.29) is 6.10 Å². The molecule has 35 heavy (non-hydrogen) atoms. The van der Waals surface area contributed by atoms with Gasteiger partial charge in [0.05, 0.1) is 24.8 Å². The number of nitrogens with zero attached hydrogens (tertiary/aromatic N) is 7. The third-order valence-corrected chi connectivity index (χ3v) is 6.47. The first-order valence-corrected chi connectivity index (χ1v) is 11.9. The van der Waals surface area contributed by atoms with Gasteiger partial charge >= 0.3 is 0 Å². The quantitative estimate of drug-likeness (QED) is 0.443. The monoisotopic (exact) mass is 474 g/mol. The zero-order valence-corrected chi connectivity index (χ0v) is 19.2. The van der Waals surface area contributed by atoms with Crippen molar-refractivity contribution in [3.63, 3.8) is 0 Å². The molecule has 4 heterocycles. The Morgan fingerprint density at radius 3 is 2.63 bits per heavy atom. The minimum absolute atomic E-state index is 0.123. The molecule has 0 bridgehead atoms. The van der Waals surface area contributed by atoms with Crippen LogP contribution in [-0.4, -0.2) is 68.6 Å². The van der Waals surface area contributed by atoms with Crippen LogP contribution in [-0.2, 0) is 4.74 Å². The topological polar surface area (TPSA) is 124 Å². The molecule has 2 aliphatic rings. The third-order valence-electron chi connectivity index (χ3n) is 6.47. The highest BCUT2D eigenvalue weighted by atomic mass is 16.5. The smallest absolute Gasteiger partial charge is 0.266 e. The molecular weight excluding hydrogens is 448 g/mol. The van der Waals surface area contributed by atoms with Crippen LogP contribution < -0.4 is 15.0 Å². The van der Waals surface area contributed by atoms with E-state index in [2.05, 4.69) is 52.5 Å². The summed E-state index contributed by atoms with van der Waals surface area (Å²) in [4.78, 5) is 20.0. The number of aromatic nitrogens is 6. The summed E-state index contributed by atoms with van der Waals surface area (Å²) in [5.74, 6) is 1.92. The van der Waals surface area contributed by atoms with Gasteiger partial charge in [-0.15, -0.1) is 10.2 Å². The van der Waals surface area contributed by atoms with E-state index >= 15 is 0 Å². The van der Waals surface area contributed by atoms with Crippen molar-refractivity contribution in [1.82, 2.24) is 30.1 Å². The summed E-state index contributed by atoms with van der Waals surface area (Å²) < 4.78 is 17.3. The molecule has 6 rings (SSSR count). The summed E-state index contributed by atoms with van der Waals surface area (Å²) in [6.07, 6.45) is 10.2. The Balaban J connectivity index is 1.12. The van der Waals surface area contributed by atoms with Gasteiger partial charge in [-0.1, -0.05) is 0 Å². The van der Waals surface area contributed by atoms with E-state index in [1.807, 2.05) is 6.07 Å². The standard InChI is InChI=1S/C24H26N8O3/c1-3-18(4-2-16(1)30-22-13-20(27-14-28-22)24-31-29-15-34-24)35-21-12-17(32-7-9-33-10-8-32)11-19-23(21)26-6-5-25-19/h5-6,11-16,18H,1-4,7-10H2,(H,27,28,30). The van der Waals surface area contributed by atoms with Crippen LogP contribution in [0.1, 0.15) is 25.7 Å². The van der Waals surface area contributed by atoms with Gasteiger partial charge in [0, 0.05) is 49.3 Å². The molecular formula is C24H26N8O3. The summed E-state index contributed by atoms with van der Waals surface area (Å²) in [7, 11) is 0. The van der Waals surface area contributed by atoms with E-state index in [0.29, 0.717) is 17.6 Å². The normalized spacial score (nSPS) is 20.6. The Morgan fingerprint density at radius 2 is 1.80 bits per heavy atom. The first kappa shape index (κ1) is 21.7. The molecule has 0 unspecified atom stereocenters. The minimum Gasteiger partial charge on any atom is -0.488 e. The van der Waals surface area contributed by atoms with Crippen LogP contribution >= 0.6 is 0 Å². The largest absolute Gasteiger partial charge is 0.488 e. The van der Waals surface area contributed by atoms with Gasteiger partial charge in [-0.2, -0.15) is 0 Å². The maximum atomic E-state index is 6.53. The molecule has 1 N–H and O–H groups in total. The second-order valence-electron chi connectivity index (χ2n) is 8.74. The van der Waals surface area contributed by atoms with E-state index in [1.165, 1.54) is 12.7 Å². The Labute approximate surface area is 201 Å². The highest BCUT2D eigenvalue weighted by molar-refractivity contribution is 5.85. The van der Waals surface area contributed by atoms with Crippen LogP contribution in [0.5, 0.6) is 5.75 Å². The molecule has 180 valence electrons. The van der Waals surface area contributed by atoms with E-state index < -0.39 is 0 Å². The maximum absolute atomic E-state index is 6.53. The molecule has 11 heteroatoms. The molecule has 0 atom stereocenters. The van der Waals surface area contributed by atoms with E-state index in [9.17, 15) is 0 Å². The number of hydrogen-bond acceptors (Lipinski definition) is 11. The average Bonchev–Trinajstić information content (AvgIpc) is 3.46. The molecule has 0 radical (unpaired) electrons. The number of hydrogen-bond donors (Lipinski definition) is 1. The van der Waals surface area contributed by atoms with Gasteiger partial charge in [-0.25, -0.2) is 15.0 Å².